The lowest BCUT2D eigenvalue weighted by atomic mass is 10.0. The third-order valence-corrected chi connectivity index (χ3v) is 4.43. The molecule has 0 spiro atoms. The van der Waals surface area contributed by atoms with E-state index in [0.29, 0.717) is 12.2 Å². The Morgan fingerprint density at radius 1 is 1.45 bits per heavy atom. The Morgan fingerprint density at radius 2 is 2.15 bits per heavy atom. The molecule has 1 aliphatic rings. The van der Waals surface area contributed by atoms with E-state index in [0.717, 1.165) is 5.56 Å². The molecule has 2 rings (SSSR count). The van der Waals surface area contributed by atoms with Crippen LogP contribution in [0.5, 0.6) is 5.75 Å². The van der Waals surface area contributed by atoms with Gasteiger partial charge < -0.3 is 9.84 Å². The van der Waals surface area contributed by atoms with Crippen molar-refractivity contribution in [1.29, 1.82) is 0 Å². The third kappa shape index (κ3) is 3.29. The first-order valence-corrected chi connectivity index (χ1v) is 7.71. The molecule has 0 aliphatic carbocycles. The Hall–Kier alpha value is -1.60. The quantitative estimate of drug-likeness (QED) is 0.851. The molecule has 0 amide bonds. The van der Waals surface area contributed by atoms with Gasteiger partial charge in [-0.3, -0.25) is 4.79 Å². The summed E-state index contributed by atoms with van der Waals surface area (Å²) in [5, 5.41) is 8.51. The van der Waals surface area contributed by atoms with Gasteiger partial charge in [0.15, 0.2) is 0 Å². The topological polar surface area (TPSA) is 92.7 Å². The molecule has 1 aliphatic heterocycles. The zero-order valence-corrected chi connectivity index (χ0v) is 12.2. The van der Waals surface area contributed by atoms with Gasteiger partial charge in [-0.2, -0.15) is 0 Å². The Morgan fingerprint density at radius 3 is 2.80 bits per heavy atom. The molecule has 0 fully saturated rings. The first kappa shape index (κ1) is 14.8. The van der Waals surface area contributed by atoms with Gasteiger partial charge in [-0.05, 0) is 37.6 Å². The highest BCUT2D eigenvalue weighted by molar-refractivity contribution is 7.89. The first-order chi connectivity index (χ1) is 9.20. The number of fused-ring (bicyclic) bond motifs is 1. The molecule has 6 nitrogen and oxygen atoms in total. The molecule has 0 atom stereocenters. The number of rotatable bonds is 5. The second-order valence-electron chi connectivity index (χ2n) is 5.35. The van der Waals surface area contributed by atoms with Gasteiger partial charge in [0, 0.05) is 13.0 Å². The second-order valence-corrected chi connectivity index (χ2v) is 7.12. The number of hydrogen-bond donors (Lipinski definition) is 2. The molecule has 0 aromatic heterocycles. The zero-order chi connectivity index (χ0) is 15.0. The predicted octanol–water partition coefficient (Wildman–Crippen LogP) is 1.15. The van der Waals surface area contributed by atoms with Crippen molar-refractivity contribution >= 4 is 16.0 Å². The summed E-state index contributed by atoms with van der Waals surface area (Å²) in [7, 11) is -3.68. The van der Waals surface area contributed by atoms with E-state index < -0.39 is 16.0 Å². The van der Waals surface area contributed by atoms with E-state index in [9.17, 15) is 13.2 Å². The van der Waals surface area contributed by atoms with Crippen LogP contribution in [0.15, 0.2) is 23.1 Å². The maximum Gasteiger partial charge on any atom is 0.304 e. The lowest BCUT2D eigenvalue weighted by Crippen LogP contribution is -2.26. The number of ether oxygens (including phenoxy) is 1. The van der Waals surface area contributed by atoms with Gasteiger partial charge in [0.2, 0.25) is 10.0 Å². The van der Waals surface area contributed by atoms with Crippen LogP contribution in [0.3, 0.4) is 0 Å². The molecule has 0 saturated carbocycles. The Balaban J connectivity index is 2.16. The Labute approximate surface area is 117 Å². The fraction of sp³-hybridized carbons (Fsp3) is 0.462. The largest absolute Gasteiger partial charge is 0.487 e. The van der Waals surface area contributed by atoms with Crippen LogP contribution in [-0.2, 0) is 21.2 Å². The summed E-state index contributed by atoms with van der Waals surface area (Å²) >= 11 is 0. The smallest absolute Gasteiger partial charge is 0.304 e. The van der Waals surface area contributed by atoms with Crippen LogP contribution in [0, 0.1) is 0 Å². The standard InChI is InChI=1S/C13H17NO5S/c1-13(2)8-9-7-10(3-4-11(9)19-13)20(17,18)14-6-5-12(15)16/h3-4,7,14H,5-6,8H2,1-2H3,(H,15,16). The number of carboxylic acid groups (broad SMARTS) is 1. The average Bonchev–Trinajstić information content (AvgIpc) is 2.60. The van der Waals surface area contributed by atoms with Gasteiger partial charge in [0.25, 0.3) is 0 Å². The van der Waals surface area contributed by atoms with E-state index in [1.807, 2.05) is 13.8 Å². The van der Waals surface area contributed by atoms with Crippen molar-refractivity contribution < 1.29 is 23.1 Å². The van der Waals surface area contributed by atoms with Crippen molar-refractivity contribution in [3.8, 4) is 5.75 Å². The Kier molecular flexibility index (Phi) is 3.75. The molecule has 0 saturated heterocycles. The summed E-state index contributed by atoms with van der Waals surface area (Å²) < 4.78 is 32.0. The number of benzene rings is 1. The molecule has 1 aromatic carbocycles. The number of aliphatic carboxylic acids is 1. The van der Waals surface area contributed by atoms with Crippen LogP contribution >= 0.6 is 0 Å². The molecule has 0 radical (unpaired) electrons. The summed E-state index contributed by atoms with van der Waals surface area (Å²) in [6.45, 7) is 3.75. The number of nitrogens with one attached hydrogen (secondary N) is 1. The highest BCUT2D eigenvalue weighted by Gasteiger charge is 2.31. The van der Waals surface area contributed by atoms with Crippen LogP contribution in [0.2, 0.25) is 0 Å². The monoisotopic (exact) mass is 299 g/mol. The number of hydrogen-bond acceptors (Lipinski definition) is 4. The normalized spacial score (nSPS) is 16.5. The van der Waals surface area contributed by atoms with Gasteiger partial charge in [0.1, 0.15) is 11.4 Å². The van der Waals surface area contributed by atoms with Gasteiger partial charge >= 0.3 is 5.97 Å². The van der Waals surface area contributed by atoms with Gasteiger partial charge in [0.05, 0.1) is 11.3 Å². The summed E-state index contributed by atoms with van der Waals surface area (Å²) in [4.78, 5) is 10.5. The van der Waals surface area contributed by atoms with Crippen LogP contribution in [0.1, 0.15) is 25.8 Å². The van der Waals surface area contributed by atoms with E-state index in [2.05, 4.69) is 4.72 Å². The van der Waals surface area contributed by atoms with Gasteiger partial charge in [-0.1, -0.05) is 0 Å². The Bertz CT molecular complexity index is 636. The van der Waals surface area contributed by atoms with Crippen LogP contribution < -0.4 is 9.46 Å². The van der Waals surface area contributed by atoms with Crippen LogP contribution in [-0.4, -0.2) is 31.6 Å². The molecule has 1 heterocycles. The third-order valence-electron chi connectivity index (χ3n) is 2.98. The maximum absolute atomic E-state index is 12.0. The minimum absolute atomic E-state index is 0.128. The molecule has 7 heteroatoms. The molecule has 2 N–H and O–H groups in total. The highest BCUT2D eigenvalue weighted by atomic mass is 32.2. The first-order valence-electron chi connectivity index (χ1n) is 6.23. The van der Waals surface area contributed by atoms with Crippen molar-refractivity contribution in [1.82, 2.24) is 4.72 Å². The lowest BCUT2D eigenvalue weighted by Gasteiger charge is -2.16. The van der Waals surface area contributed by atoms with E-state index >= 15 is 0 Å². The molecule has 110 valence electrons. The van der Waals surface area contributed by atoms with Crippen molar-refractivity contribution in [2.45, 2.75) is 37.2 Å². The van der Waals surface area contributed by atoms with E-state index in [1.165, 1.54) is 6.07 Å². The minimum Gasteiger partial charge on any atom is -0.487 e. The highest BCUT2D eigenvalue weighted by Crippen LogP contribution is 2.35. The average molecular weight is 299 g/mol. The molecule has 20 heavy (non-hydrogen) atoms. The zero-order valence-electron chi connectivity index (χ0n) is 11.3. The predicted molar refractivity (Wildman–Crippen MR) is 72.3 cm³/mol. The molecular formula is C13H17NO5S. The summed E-state index contributed by atoms with van der Waals surface area (Å²) in [5.41, 5.74) is 0.512. The minimum atomic E-state index is -3.68. The van der Waals surface area contributed by atoms with Crippen LogP contribution in [0.25, 0.3) is 0 Å². The van der Waals surface area contributed by atoms with E-state index in [-0.39, 0.29) is 23.5 Å². The van der Waals surface area contributed by atoms with Crippen molar-refractivity contribution in [2.24, 2.45) is 0 Å². The number of sulfonamides is 1. The van der Waals surface area contributed by atoms with Gasteiger partial charge in [-0.15, -0.1) is 0 Å². The lowest BCUT2D eigenvalue weighted by molar-refractivity contribution is -0.136. The fourth-order valence-corrected chi connectivity index (χ4v) is 3.21. The van der Waals surface area contributed by atoms with Crippen molar-refractivity contribution in [2.75, 3.05) is 6.54 Å². The maximum atomic E-state index is 12.0. The second kappa shape index (κ2) is 5.06. The summed E-state index contributed by atoms with van der Waals surface area (Å²) in [5.74, 6) is -0.351. The molecule has 0 bridgehead atoms. The summed E-state index contributed by atoms with van der Waals surface area (Å²) in [6.07, 6.45) is 0.390. The number of carboxylic acids is 1. The fourth-order valence-electron chi connectivity index (χ4n) is 2.13. The van der Waals surface area contributed by atoms with E-state index in [4.69, 9.17) is 9.84 Å². The molecule has 0 unspecified atom stereocenters. The molecular weight excluding hydrogens is 282 g/mol. The van der Waals surface area contributed by atoms with E-state index in [1.54, 1.807) is 12.1 Å². The SMILES string of the molecule is CC1(C)Cc2cc(S(=O)(=O)NCCC(=O)O)ccc2O1. The van der Waals surface area contributed by atoms with Gasteiger partial charge in [-0.25, -0.2) is 13.1 Å². The van der Waals surface area contributed by atoms with Crippen molar-refractivity contribution in [3.63, 3.8) is 0 Å². The number of carbonyl (C=O) groups is 1. The molecule has 1 aromatic rings. The summed E-state index contributed by atoms with van der Waals surface area (Å²) in [6, 6.07) is 4.67. The van der Waals surface area contributed by atoms with Crippen LogP contribution in [0.4, 0.5) is 0 Å². The van der Waals surface area contributed by atoms with Crippen molar-refractivity contribution in [3.05, 3.63) is 23.8 Å².